The Morgan fingerprint density at radius 1 is 1.24 bits per heavy atom. The van der Waals surface area contributed by atoms with E-state index in [1.807, 2.05) is 0 Å². The van der Waals surface area contributed by atoms with Gasteiger partial charge in [-0.05, 0) is 24.6 Å². The van der Waals surface area contributed by atoms with Gasteiger partial charge < -0.3 is 5.11 Å². The van der Waals surface area contributed by atoms with Crippen LogP contribution in [0, 0.1) is 5.82 Å². The predicted molar refractivity (Wildman–Crippen MR) is 72.4 cm³/mol. The number of hydrogen-bond donors (Lipinski definition) is 1. The van der Waals surface area contributed by atoms with E-state index in [9.17, 15) is 9.50 Å². The van der Waals surface area contributed by atoms with E-state index in [1.54, 1.807) is 12.1 Å². The zero-order chi connectivity index (χ0) is 12.7. The van der Waals surface area contributed by atoms with Crippen LogP contribution < -0.4 is 0 Å². The van der Waals surface area contributed by atoms with Crippen molar-refractivity contribution in [1.29, 1.82) is 0 Å². The third-order valence-corrected chi connectivity index (χ3v) is 3.39. The van der Waals surface area contributed by atoms with Gasteiger partial charge in [-0.25, -0.2) is 4.39 Å². The second-order valence-corrected chi connectivity index (χ2v) is 5.30. The molecule has 1 aromatic rings. The van der Waals surface area contributed by atoms with E-state index in [-0.39, 0.29) is 5.82 Å². The molecule has 0 aliphatic rings. The van der Waals surface area contributed by atoms with E-state index in [0.29, 0.717) is 12.0 Å². The molecule has 3 heteroatoms. The highest BCUT2D eigenvalue weighted by Gasteiger charge is 2.12. The van der Waals surface area contributed by atoms with Gasteiger partial charge in [-0.15, -0.1) is 0 Å². The molecule has 1 N–H and O–H groups in total. The van der Waals surface area contributed by atoms with Gasteiger partial charge >= 0.3 is 0 Å². The quantitative estimate of drug-likeness (QED) is 0.704. The highest BCUT2D eigenvalue weighted by molar-refractivity contribution is 9.10. The Labute approximate surface area is 111 Å². The van der Waals surface area contributed by atoms with Crippen molar-refractivity contribution in [1.82, 2.24) is 0 Å². The molecule has 1 rings (SSSR count). The molecule has 0 saturated carbocycles. The summed E-state index contributed by atoms with van der Waals surface area (Å²) in [7, 11) is 0. The number of unbranched alkanes of at least 4 members (excludes halogenated alkanes) is 4. The molecule has 0 aromatic heterocycles. The second kappa shape index (κ2) is 7.83. The predicted octanol–water partition coefficient (Wildman–Crippen LogP) is 4.98. The van der Waals surface area contributed by atoms with Crippen molar-refractivity contribution < 1.29 is 9.50 Å². The maximum Gasteiger partial charge on any atom is 0.129 e. The Morgan fingerprint density at radius 2 is 1.94 bits per heavy atom. The molecule has 1 nitrogen and oxygen atoms in total. The third kappa shape index (κ3) is 5.17. The average molecular weight is 303 g/mol. The summed E-state index contributed by atoms with van der Waals surface area (Å²) in [5.41, 5.74) is 0.398. The third-order valence-electron chi connectivity index (χ3n) is 2.90. The zero-order valence-corrected chi connectivity index (χ0v) is 11.8. The molecule has 0 spiro atoms. The first-order chi connectivity index (χ1) is 8.15. The SMILES string of the molecule is CCCCCCCC(O)c1cc(Br)ccc1F. The molecule has 0 radical (unpaired) electrons. The molecule has 0 aliphatic heterocycles. The van der Waals surface area contributed by atoms with Gasteiger partial charge in [-0.1, -0.05) is 55.0 Å². The number of halogens is 2. The van der Waals surface area contributed by atoms with Crippen LogP contribution in [0.25, 0.3) is 0 Å². The van der Waals surface area contributed by atoms with Crippen LogP contribution in [-0.4, -0.2) is 5.11 Å². The minimum atomic E-state index is -0.686. The number of aliphatic hydroxyl groups is 1. The lowest BCUT2D eigenvalue weighted by molar-refractivity contribution is 0.158. The fraction of sp³-hybridized carbons (Fsp3) is 0.571. The lowest BCUT2D eigenvalue weighted by atomic mass is 10.0. The first kappa shape index (κ1) is 14.7. The van der Waals surface area contributed by atoms with Crippen molar-refractivity contribution in [2.24, 2.45) is 0 Å². The Balaban J connectivity index is 2.41. The molecule has 0 amide bonds. The molecule has 0 saturated heterocycles. The summed E-state index contributed by atoms with van der Waals surface area (Å²) >= 11 is 3.29. The first-order valence-electron chi connectivity index (χ1n) is 6.28. The van der Waals surface area contributed by atoms with Gasteiger partial charge in [0, 0.05) is 10.0 Å². The molecule has 17 heavy (non-hydrogen) atoms. The van der Waals surface area contributed by atoms with Crippen molar-refractivity contribution in [2.75, 3.05) is 0 Å². The van der Waals surface area contributed by atoms with Crippen molar-refractivity contribution in [3.8, 4) is 0 Å². The van der Waals surface area contributed by atoms with Crippen molar-refractivity contribution in [3.05, 3.63) is 34.1 Å². The summed E-state index contributed by atoms with van der Waals surface area (Å²) in [6.07, 6.45) is 5.66. The van der Waals surface area contributed by atoms with Gasteiger partial charge in [0.05, 0.1) is 6.10 Å². The molecule has 0 bridgehead atoms. The smallest absolute Gasteiger partial charge is 0.129 e. The van der Waals surface area contributed by atoms with Crippen LogP contribution in [0.2, 0.25) is 0 Å². The summed E-state index contributed by atoms with van der Waals surface area (Å²) in [6.45, 7) is 2.17. The summed E-state index contributed by atoms with van der Waals surface area (Å²) in [6, 6.07) is 4.69. The van der Waals surface area contributed by atoms with E-state index < -0.39 is 6.10 Å². The zero-order valence-electron chi connectivity index (χ0n) is 10.3. The topological polar surface area (TPSA) is 20.2 Å². The van der Waals surface area contributed by atoms with Crippen LogP contribution in [0.4, 0.5) is 4.39 Å². The van der Waals surface area contributed by atoms with Crippen LogP contribution in [0.5, 0.6) is 0 Å². The van der Waals surface area contributed by atoms with Crippen LogP contribution in [0.3, 0.4) is 0 Å². The maximum atomic E-state index is 13.5. The maximum absolute atomic E-state index is 13.5. The van der Waals surface area contributed by atoms with Crippen LogP contribution in [-0.2, 0) is 0 Å². The van der Waals surface area contributed by atoms with E-state index in [4.69, 9.17) is 0 Å². The molecular weight excluding hydrogens is 283 g/mol. The Hall–Kier alpha value is -0.410. The van der Waals surface area contributed by atoms with Gasteiger partial charge in [-0.2, -0.15) is 0 Å². The van der Waals surface area contributed by atoms with E-state index >= 15 is 0 Å². The number of aliphatic hydroxyl groups excluding tert-OH is 1. The number of benzene rings is 1. The molecule has 96 valence electrons. The van der Waals surface area contributed by atoms with E-state index in [0.717, 1.165) is 17.3 Å². The minimum absolute atomic E-state index is 0.325. The molecule has 0 aliphatic carbocycles. The Morgan fingerprint density at radius 3 is 2.65 bits per heavy atom. The fourth-order valence-corrected chi connectivity index (χ4v) is 2.25. The van der Waals surface area contributed by atoms with Gasteiger partial charge in [0.15, 0.2) is 0 Å². The summed E-state index contributed by atoms with van der Waals surface area (Å²) < 4.78 is 14.3. The monoisotopic (exact) mass is 302 g/mol. The molecule has 1 unspecified atom stereocenters. The highest BCUT2D eigenvalue weighted by Crippen LogP contribution is 2.25. The van der Waals surface area contributed by atoms with E-state index in [1.165, 1.54) is 25.3 Å². The lowest BCUT2D eigenvalue weighted by Gasteiger charge is -2.12. The molecular formula is C14H20BrFO. The Kier molecular flexibility index (Phi) is 6.75. The van der Waals surface area contributed by atoms with Gasteiger partial charge in [0.2, 0.25) is 0 Å². The average Bonchev–Trinajstić information content (AvgIpc) is 2.32. The summed E-state index contributed by atoms with van der Waals surface area (Å²) in [5, 5.41) is 9.92. The summed E-state index contributed by atoms with van der Waals surface area (Å²) in [5.74, 6) is -0.325. The highest BCUT2D eigenvalue weighted by atomic mass is 79.9. The molecule has 0 fully saturated rings. The Bertz CT molecular complexity index is 341. The minimum Gasteiger partial charge on any atom is -0.388 e. The largest absolute Gasteiger partial charge is 0.388 e. The van der Waals surface area contributed by atoms with E-state index in [2.05, 4.69) is 22.9 Å². The van der Waals surface area contributed by atoms with Crippen molar-refractivity contribution in [3.63, 3.8) is 0 Å². The van der Waals surface area contributed by atoms with Crippen molar-refractivity contribution in [2.45, 2.75) is 51.6 Å². The number of rotatable bonds is 7. The normalized spacial score (nSPS) is 12.7. The second-order valence-electron chi connectivity index (χ2n) is 4.38. The number of hydrogen-bond acceptors (Lipinski definition) is 1. The standard InChI is InChI=1S/C14H20BrFO/c1-2-3-4-5-6-7-14(17)12-10-11(15)8-9-13(12)16/h8-10,14,17H,2-7H2,1H3. The molecule has 0 heterocycles. The molecule has 1 atom stereocenters. The van der Waals surface area contributed by atoms with Gasteiger partial charge in [0.25, 0.3) is 0 Å². The van der Waals surface area contributed by atoms with Gasteiger partial charge in [-0.3, -0.25) is 0 Å². The van der Waals surface area contributed by atoms with Crippen LogP contribution in [0.15, 0.2) is 22.7 Å². The summed E-state index contributed by atoms with van der Waals surface area (Å²) in [4.78, 5) is 0. The molecule has 1 aromatic carbocycles. The van der Waals surface area contributed by atoms with Crippen LogP contribution >= 0.6 is 15.9 Å². The van der Waals surface area contributed by atoms with Crippen molar-refractivity contribution >= 4 is 15.9 Å². The van der Waals surface area contributed by atoms with Gasteiger partial charge in [0.1, 0.15) is 5.82 Å². The lowest BCUT2D eigenvalue weighted by Crippen LogP contribution is -2.00. The van der Waals surface area contributed by atoms with Crippen LogP contribution in [0.1, 0.15) is 57.1 Å². The fourth-order valence-electron chi connectivity index (χ4n) is 1.87. The first-order valence-corrected chi connectivity index (χ1v) is 7.07.